The summed E-state index contributed by atoms with van der Waals surface area (Å²) in [6, 6.07) is 0. The fourth-order valence-corrected chi connectivity index (χ4v) is 0.897. The van der Waals surface area contributed by atoms with Crippen molar-refractivity contribution in [3.63, 3.8) is 0 Å². The molecule has 0 bridgehead atoms. The third kappa shape index (κ3) is 4.86. The molecular weight excluding hydrogens is 162 g/mol. The van der Waals surface area contributed by atoms with E-state index in [1.807, 2.05) is 6.26 Å². The molecule has 0 rings (SSSR count). The van der Waals surface area contributed by atoms with Crippen LogP contribution < -0.4 is 5.73 Å². The Bertz CT molecular complexity index is 151. The molecule has 11 heavy (non-hydrogen) atoms. The largest absolute Gasteiger partial charge is 0.463 e. The molecule has 0 aliphatic carbocycles. The summed E-state index contributed by atoms with van der Waals surface area (Å²) < 4.78 is 4.69. The van der Waals surface area contributed by atoms with Crippen LogP contribution in [0.4, 0.5) is 0 Å². The number of carbonyl (C=O) groups is 1. The zero-order chi connectivity index (χ0) is 8.69. The summed E-state index contributed by atoms with van der Waals surface area (Å²) in [6.07, 6.45) is 3.30. The zero-order valence-electron chi connectivity index (χ0n) is 6.79. The van der Waals surface area contributed by atoms with E-state index in [0.29, 0.717) is 13.2 Å². The predicted molar refractivity (Wildman–Crippen MR) is 47.3 cm³/mol. The molecule has 0 amide bonds. The molecule has 3 nitrogen and oxygen atoms in total. The number of esters is 1. The fourth-order valence-electron chi connectivity index (χ4n) is 0.517. The summed E-state index contributed by atoms with van der Waals surface area (Å²) in [5.41, 5.74) is 5.33. The summed E-state index contributed by atoms with van der Waals surface area (Å²) in [7, 11) is 0. The van der Waals surface area contributed by atoms with Gasteiger partial charge in [-0.15, -0.1) is 11.8 Å². The van der Waals surface area contributed by atoms with Crippen molar-refractivity contribution in [3.8, 4) is 0 Å². The second kappa shape index (κ2) is 6.24. The number of thioether (sulfide) groups is 1. The number of hydrogen-bond acceptors (Lipinski definition) is 4. The standard InChI is InChI=1S/C7H13NO2S/c1-3-10-7(9)4-6(5-8)11-2/h4H,3,5,8H2,1-2H3/b6-4-. The van der Waals surface area contributed by atoms with Crippen LogP contribution in [0, 0.1) is 0 Å². The first-order chi connectivity index (χ1) is 5.24. The lowest BCUT2D eigenvalue weighted by Gasteiger charge is -1.99. The van der Waals surface area contributed by atoms with Crippen LogP contribution in [0.5, 0.6) is 0 Å². The Balaban J connectivity index is 3.93. The van der Waals surface area contributed by atoms with E-state index in [0.717, 1.165) is 4.91 Å². The van der Waals surface area contributed by atoms with Gasteiger partial charge in [0.2, 0.25) is 0 Å². The summed E-state index contributed by atoms with van der Waals surface area (Å²) >= 11 is 1.46. The zero-order valence-corrected chi connectivity index (χ0v) is 7.61. The predicted octanol–water partition coefficient (Wildman–Crippen LogP) is 0.755. The van der Waals surface area contributed by atoms with Crippen molar-refractivity contribution in [2.45, 2.75) is 6.92 Å². The Hall–Kier alpha value is -0.480. The highest BCUT2D eigenvalue weighted by molar-refractivity contribution is 8.02. The van der Waals surface area contributed by atoms with Crippen molar-refractivity contribution in [1.82, 2.24) is 0 Å². The quantitative estimate of drug-likeness (QED) is 0.506. The van der Waals surface area contributed by atoms with Crippen LogP contribution in [0.3, 0.4) is 0 Å². The summed E-state index contributed by atoms with van der Waals surface area (Å²) in [5, 5.41) is 0. The van der Waals surface area contributed by atoms with E-state index in [9.17, 15) is 4.79 Å². The van der Waals surface area contributed by atoms with Gasteiger partial charge < -0.3 is 10.5 Å². The van der Waals surface area contributed by atoms with Gasteiger partial charge in [-0.05, 0) is 13.2 Å². The van der Waals surface area contributed by atoms with E-state index < -0.39 is 0 Å². The average Bonchev–Trinajstić information content (AvgIpc) is 2.01. The molecule has 0 heterocycles. The van der Waals surface area contributed by atoms with E-state index in [-0.39, 0.29) is 5.97 Å². The second-order valence-corrected chi connectivity index (χ2v) is 2.70. The maximum Gasteiger partial charge on any atom is 0.331 e. The minimum absolute atomic E-state index is 0.317. The Morgan fingerprint density at radius 1 is 1.73 bits per heavy atom. The van der Waals surface area contributed by atoms with E-state index in [1.165, 1.54) is 17.8 Å². The lowest BCUT2D eigenvalue weighted by molar-refractivity contribution is -0.137. The van der Waals surface area contributed by atoms with Gasteiger partial charge in [-0.3, -0.25) is 0 Å². The maximum atomic E-state index is 10.8. The van der Waals surface area contributed by atoms with Gasteiger partial charge in [0.15, 0.2) is 0 Å². The van der Waals surface area contributed by atoms with Crippen LogP contribution in [0.2, 0.25) is 0 Å². The van der Waals surface area contributed by atoms with Crippen molar-refractivity contribution in [2.24, 2.45) is 5.73 Å². The SMILES string of the molecule is CCOC(=O)/C=C(/CN)SC. The highest BCUT2D eigenvalue weighted by atomic mass is 32.2. The molecule has 0 spiro atoms. The molecule has 0 aromatic carbocycles. The van der Waals surface area contributed by atoms with E-state index in [1.54, 1.807) is 6.92 Å². The molecule has 0 fully saturated rings. The van der Waals surface area contributed by atoms with Crippen molar-refractivity contribution >= 4 is 17.7 Å². The van der Waals surface area contributed by atoms with Crippen LogP contribution in [0.1, 0.15) is 6.92 Å². The van der Waals surface area contributed by atoms with Gasteiger partial charge in [-0.2, -0.15) is 0 Å². The molecule has 64 valence electrons. The smallest absolute Gasteiger partial charge is 0.331 e. The molecule has 0 unspecified atom stereocenters. The van der Waals surface area contributed by atoms with Gasteiger partial charge in [0.1, 0.15) is 0 Å². The van der Waals surface area contributed by atoms with E-state index in [2.05, 4.69) is 0 Å². The first-order valence-corrected chi connectivity index (χ1v) is 4.58. The molecule has 0 saturated carbocycles. The van der Waals surface area contributed by atoms with Gasteiger partial charge in [0.25, 0.3) is 0 Å². The third-order valence-electron chi connectivity index (χ3n) is 1.03. The maximum absolute atomic E-state index is 10.8. The minimum Gasteiger partial charge on any atom is -0.463 e. The van der Waals surface area contributed by atoms with Crippen molar-refractivity contribution in [3.05, 3.63) is 11.0 Å². The number of carbonyl (C=O) groups excluding carboxylic acids is 1. The molecule has 0 aromatic rings. The van der Waals surface area contributed by atoms with E-state index in [4.69, 9.17) is 10.5 Å². The van der Waals surface area contributed by atoms with E-state index >= 15 is 0 Å². The van der Waals surface area contributed by atoms with Crippen LogP contribution in [-0.4, -0.2) is 25.4 Å². The number of rotatable bonds is 4. The molecule has 0 aliphatic rings. The Morgan fingerprint density at radius 2 is 2.36 bits per heavy atom. The molecule has 0 aliphatic heterocycles. The lowest BCUT2D eigenvalue weighted by Crippen LogP contribution is -2.05. The Labute approximate surface area is 71.0 Å². The van der Waals surface area contributed by atoms with Crippen LogP contribution in [0.15, 0.2) is 11.0 Å². The highest BCUT2D eigenvalue weighted by Crippen LogP contribution is 2.08. The van der Waals surface area contributed by atoms with Gasteiger partial charge in [-0.25, -0.2) is 4.79 Å². The van der Waals surface area contributed by atoms with Crippen LogP contribution in [-0.2, 0) is 9.53 Å². The lowest BCUT2D eigenvalue weighted by atomic mass is 10.5. The molecule has 4 heteroatoms. The monoisotopic (exact) mass is 175 g/mol. The van der Waals surface area contributed by atoms with Gasteiger partial charge in [0, 0.05) is 17.5 Å². The van der Waals surface area contributed by atoms with Crippen LogP contribution in [0.25, 0.3) is 0 Å². The fraction of sp³-hybridized carbons (Fsp3) is 0.571. The summed E-state index contributed by atoms with van der Waals surface area (Å²) in [5.74, 6) is -0.317. The molecule has 0 radical (unpaired) electrons. The van der Waals surface area contributed by atoms with Gasteiger partial charge in [-0.1, -0.05) is 0 Å². The van der Waals surface area contributed by atoms with Crippen molar-refractivity contribution in [1.29, 1.82) is 0 Å². The summed E-state index contributed by atoms with van der Waals surface area (Å²) in [4.78, 5) is 11.6. The molecule has 0 aromatic heterocycles. The topological polar surface area (TPSA) is 52.3 Å². The van der Waals surface area contributed by atoms with Crippen molar-refractivity contribution in [2.75, 3.05) is 19.4 Å². The number of ether oxygens (including phenoxy) is 1. The molecule has 0 atom stereocenters. The van der Waals surface area contributed by atoms with Crippen LogP contribution >= 0.6 is 11.8 Å². The number of nitrogens with two attached hydrogens (primary N) is 1. The third-order valence-corrected chi connectivity index (χ3v) is 1.84. The summed E-state index contributed by atoms with van der Waals surface area (Å²) in [6.45, 7) is 2.56. The van der Waals surface area contributed by atoms with Gasteiger partial charge in [0.05, 0.1) is 6.61 Å². The first-order valence-electron chi connectivity index (χ1n) is 3.36. The van der Waals surface area contributed by atoms with Crippen molar-refractivity contribution < 1.29 is 9.53 Å². The molecular formula is C7H13NO2S. The molecule has 0 saturated heterocycles. The normalized spacial score (nSPS) is 11.4. The Kier molecular flexibility index (Phi) is 5.97. The minimum atomic E-state index is -0.317. The first kappa shape index (κ1) is 10.5. The number of hydrogen-bond donors (Lipinski definition) is 1. The van der Waals surface area contributed by atoms with Gasteiger partial charge >= 0.3 is 5.97 Å². The Morgan fingerprint density at radius 3 is 2.73 bits per heavy atom. The average molecular weight is 175 g/mol. The second-order valence-electron chi connectivity index (χ2n) is 1.77. The highest BCUT2D eigenvalue weighted by Gasteiger charge is 1.98. The molecule has 2 N–H and O–H groups in total.